The summed E-state index contributed by atoms with van der Waals surface area (Å²) in [5.41, 5.74) is 6.25. The van der Waals surface area contributed by atoms with Gasteiger partial charge in [0, 0.05) is 42.1 Å². The zero-order valence-electron chi connectivity index (χ0n) is 19.9. The number of amides is 1. The highest BCUT2D eigenvalue weighted by atomic mass is 16.5. The lowest BCUT2D eigenvalue weighted by Crippen LogP contribution is -2.43. The summed E-state index contributed by atoms with van der Waals surface area (Å²) in [6.07, 6.45) is 5.74. The van der Waals surface area contributed by atoms with Gasteiger partial charge < -0.3 is 24.5 Å². The summed E-state index contributed by atoms with van der Waals surface area (Å²) in [5.74, 6) is 1.53. The van der Waals surface area contributed by atoms with Gasteiger partial charge in [-0.05, 0) is 60.4 Å². The summed E-state index contributed by atoms with van der Waals surface area (Å²) in [6, 6.07) is 12.6. The lowest BCUT2D eigenvalue weighted by atomic mass is 9.80. The molecular weight excluding hydrogens is 430 g/mol. The number of likely N-dealkylation sites (N-methyl/N-ethyl adjacent to an activating group) is 1. The molecule has 1 aliphatic carbocycles. The molecule has 5 rings (SSSR count). The fourth-order valence-electron chi connectivity index (χ4n) is 5.23. The molecule has 0 saturated heterocycles. The third kappa shape index (κ3) is 4.23. The molecule has 1 aromatic heterocycles. The minimum atomic E-state index is -0.387. The van der Waals surface area contributed by atoms with Crippen LogP contribution in [-0.2, 0) is 17.6 Å². The van der Waals surface area contributed by atoms with E-state index in [-0.39, 0.29) is 12.0 Å². The van der Waals surface area contributed by atoms with Crippen LogP contribution in [0.15, 0.2) is 48.7 Å². The van der Waals surface area contributed by atoms with Crippen molar-refractivity contribution in [1.82, 2.24) is 15.2 Å². The van der Waals surface area contributed by atoms with E-state index >= 15 is 0 Å². The number of methoxy groups -OCH3 is 2. The van der Waals surface area contributed by atoms with E-state index in [2.05, 4.69) is 52.7 Å². The molecule has 3 aromatic rings. The van der Waals surface area contributed by atoms with Crippen LogP contribution in [0.5, 0.6) is 11.5 Å². The molecule has 1 aliphatic heterocycles. The fourth-order valence-corrected chi connectivity index (χ4v) is 5.23. The molecule has 0 fully saturated rings. The smallest absolute Gasteiger partial charge is 0.407 e. The first-order valence-corrected chi connectivity index (χ1v) is 11.7. The van der Waals surface area contributed by atoms with E-state index < -0.39 is 0 Å². The quantitative estimate of drug-likeness (QED) is 0.556. The largest absolute Gasteiger partial charge is 0.493 e. The molecule has 1 unspecified atom stereocenters. The van der Waals surface area contributed by atoms with Crippen LogP contribution >= 0.6 is 0 Å². The van der Waals surface area contributed by atoms with Crippen LogP contribution in [0.25, 0.3) is 16.5 Å². The molecular formula is C27H31N3O4. The van der Waals surface area contributed by atoms with Gasteiger partial charge in [-0.25, -0.2) is 4.79 Å². The Labute approximate surface area is 199 Å². The monoisotopic (exact) mass is 461 g/mol. The van der Waals surface area contributed by atoms with Crippen molar-refractivity contribution in [3.8, 4) is 11.5 Å². The third-order valence-electron chi connectivity index (χ3n) is 6.90. The number of alkyl carbamates (subject to hydrolysis) is 1. The molecule has 2 atom stereocenters. The number of ether oxygens (including phenoxy) is 3. The Bertz CT molecular complexity index is 1230. The number of nitrogens with zero attached hydrogens (tertiary/aromatic N) is 1. The summed E-state index contributed by atoms with van der Waals surface area (Å²) in [6.45, 7) is 1.71. The molecule has 0 saturated carbocycles. The van der Waals surface area contributed by atoms with E-state index in [1.54, 1.807) is 14.2 Å². The van der Waals surface area contributed by atoms with Crippen molar-refractivity contribution < 1.29 is 19.0 Å². The second-order valence-electron chi connectivity index (χ2n) is 9.05. The highest BCUT2D eigenvalue weighted by Crippen LogP contribution is 2.40. The normalized spacial score (nSPS) is 19.3. The zero-order chi connectivity index (χ0) is 23.7. The molecule has 1 amide bonds. The molecule has 7 heteroatoms. The first kappa shape index (κ1) is 22.3. The predicted molar refractivity (Wildman–Crippen MR) is 132 cm³/mol. The van der Waals surface area contributed by atoms with E-state index in [4.69, 9.17) is 14.2 Å². The molecule has 2 aliphatic rings. The van der Waals surface area contributed by atoms with Gasteiger partial charge >= 0.3 is 6.09 Å². The van der Waals surface area contributed by atoms with Crippen LogP contribution in [-0.4, -0.2) is 63.0 Å². The van der Waals surface area contributed by atoms with Crippen LogP contribution in [0.1, 0.15) is 16.7 Å². The van der Waals surface area contributed by atoms with Gasteiger partial charge in [-0.1, -0.05) is 24.3 Å². The number of H-pyrrole nitrogens is 1. The zero-order valence-corrected chi connectivity index (χ0v) is 19.9. The van der Waals surface area contributed by atoms with Crippen molar-refractivity contribution in [2.24, 2.45) is 5.92 Å². The summed E-state index contributed by atoms with van der Waals surface area (Å²) in [4.78, 5) is 18.1. The molecule has 0 bridgehead atoms. The number of rotatable bonds is 7. The van der Waals surface area contributed by atoms with Gasteiger partial charge in [0.2, 0.25) is 0 Å². The number of hydrogen-bond acceptors (Lipinski definition) is 5. The summed E-state index contributed by atoms with van der Waals surface area (Å²) >= 11 is 0. The van der Waals surface area contributed by atoms with Gasteiger partial charge in [0.15, 0.2) is 11.5 Å². The Hall–Kier alpha value is -3.45. The van der Waals surface area contributed by atoms with Crippen molar-refractivity contribution in [1.29, 1.82) is 0 Å². The summed E-state index contributed by atoms with van der Waals surface area (Å²) in [7, 11) is 5.38. The standard InChI is InChI=1S/C27H31N3O4/c1-30-15-18(11-21-20-5-4-6-22-26(20)19(14-29-22)13-23(21)30)16-34-27(31)28-10-9-17-7-8-24(32-2)25(12-17)33-3/h4-8,11-12,14,18,23,29H,9-10,13,15-16H2,1-3H3,(H,28,31)/t18?,23-/m0/s1. The van der Waals surface area contributed by atoms with E-state index in [0.717, 1.165) is 18.5 Å². The maximum atomic E-state index is 12.3. The molecule has 2 aromatic carbocycles. The van der Waals surface area contributed by atoms with Crippen LogP contribution in [0, 0.1) is 5.92 Å². The van der Waals surface area contributed by atoms with Crippen LogP contribution in [0.4, 0.5) is 4.79 Å². The average molecular weight is 462 g/mol. The van der Waals surface area contributed by atoms with Crippen molar-refractivity contribution in [3.05, 3.63) is 65.4 Å². The second-order valence-corrected chi connectivity index (χ2v) is 9.05. The van der Waals surface area contributed by atoms with E-state index in [9.17, 15) is 4.79 Å². The Kier molecular flexibility index (Phi) is 6.20. The number of hydrogen-bond donors (Lipinski definition) is 2. The fraction of sp³-hybridized carbons (Fsp3) is 0.370. The van der Waals surface area contributed by atoms with Gasteiger partial charge in [0.05, 0.1) is 14.2 Å². The molecule has 2 heterocycles. The number of nitrogens with one attached hydrogen (secondary N) is 2. The first-order chi connectivity index (χ1) is 16.6. The Morgan fingerprint density at radius 3 is 2.85 bits per heavy atom. The molecule has 34 heavy (non-hydrogen) atoms. The summed E-state index contributed by atoms with van der Waals surface area (Å²) in [5, 5.41) is 4.18. The highest BCUT2D eigenvalue weighted by Gasteiger charge is 2.33. The molecule has 0 spiro atoms. The molecule has 178 valence electrons. The Morgan fingerprint density at radius 2 is 2.03 bits per heavy atom. The third-order valence-corrected chi connectivity index (χ3v) is 6.90. The topological polar surface area (TPSA) is 75.8 Å². The lowest BCUT2D eigenvalue weighted by molar-refractivity contribution is 0.120. The van der Waals surface area contributed by atoms with Gasteiger partial charge in [0.25, 0.3) is 0 Å². The van der Waals surface area contributed by atoms with Crippen molar-refractivity contribution in [2.45, 2.75) is 18.9 Å². The van der Waals surface area contributed by atoms with Crippen LogP contribution in [0.3, 0.4) is 0 Å². The number of aromatic nitrogens is 1. The number of aromatic amines is 1. The van der Waals surface area contributed by atoms with Gasteiger partial charge in [0.1, 0.15) is 6.61 Å². The van der Waals surface area contributed by atoms with Gasteiger partial charge in [-0.2, -0.15) is 0 Å². The van der Waals surface area contributed by atoms with Crippen LogP contribution in [0.2, 0.25) is 0 Å². The maximum Gasteiger partial charge on any atom is 0.407 e. The molecule has 0 radical (unpaired) electrons. The van der Waals surface area contributed by atoms with E-state index in [1.165, 1.54) is 27.6 Å². The highest BCUT2D eigenvalue weighted by molar-refractivity contribution is 5.98. The lowest BCUT2D eigenvalue weighted by Gasteiger charge is -2.39. The maximum absolute atomic E-state index is 12.3. The van der Waals surface area contributed by atoms with E-state index in [0.29, 0.717) is 37.1 Å². The van der Waals surface area contributed by atoms with Gasteiger partial charge in [-0.3, -0.25) is 4.90 Å². The average Bonchev–Trinajstić information content (AvgIpc) is 3.27. The Balaban J connectivity index is 1.18. The molecule has 7 nitrogen and oxygen atoms in total. The Morgan fingerprint density at radius 1 is 1.18 bits per heavy atom. The predicted octanol–water partition coefficient (Wildman–Crippen LogP) is 4.02. The van der Waals surface area contributed by atoms with E-state index in [1.807, 2.05) is 18.2 Å². The second kappa shape index (κ2) is 9.43. The van der Waals surface area contributed by atoms with Crippen molar-refractivity contribution >= 4 is 22.6 Å². The van der Waals surface area contributed by atoms with Crippen molar-refractivity contribution in [2.75, 3.05) is 41.0 Å². The minimum absolute atomic E-state index is 0.156. The molecule has 2 N–H and O–H groups in total. The number of carbonyl (C=O) groups excluding carboxylic acids is 1. The SMILES string of the molecule is COc1ccc(CCNC(=O)OCC2C=C3c4cccc5[nH]cc(c45)C[C@@H]3N(C)C2)cc1OC. The number of benzene rings is 2. The number of carbonyl (C=O) groups is 1. The van der Waals surface area contributed by atoms with Crippen molar-refractivity contribution in [3.63, 3.8) is 0 Å². The number of fused-ring (bicyclic) bond motifs is 2. The minimum Gasteiger partial charge on any atom is -0.493 e. The van der Waals surface area contributed by atoms with Crippen LogP contribution < -0.4 is 14.8 Å². The first-order valence-electron chi connectivity index (χ1n) is 11.7. The summed E-state index contributed by atoms with van der Waals surface area (Å²) < 4.78 is 16.2. The van der Waals surface area contributed by atoms with Gasteiger partial charge in [-0.15, -0.1) is 0 Å².